The molecule has 0 aromatic heterocycles. The van der Waals surface area contributed by atoms with Crippen molar-refractivity contribution >= 4 is 28.9 Å². The van der Waals surface area contributed by atoms with Gasteiger partial charge in [-0.15, -0.1) is 0 Å². The Morgan fingerprint density at radius 2 is 2.04 bits per heavy atom. The van der Waals surface area contributed by atoms with Crippen LogP contribution in [0.5, 0.6) is 0 Å². The molecule has 138 valence electrons. The van der Waals surface area contributed by atoms with Gasteiger partial charge in [0.2, 0.25) is 0 Å². The minimum absolute atomic E-state index is 0.122. The Hall–Kier alpha value is -1.66. The lowest BCUT2D eigenvalue weighted by Crippen LogP contribution is -3.13. The van der Waals surface area contributed by atoms with Crippen molar-refractivity contribution in [1.29, 1.82) is 0 Å². The lowest BCUT2D eigenvalue weighted by atomic mass is 10.1. The lowest BCUT2D eigenvalue weighted by Gasteiger charge is -2.24. The number of thiocarbonyl (C=S) groups is 1. The highest BCUT2D eigenvalue weighted by Crippen LogP contribution is 2.11. The molecule has 1 amide bonds. The molecule has 1 aromatic rings. The molecule has 6 heteroatoms. The van der Waals surface area contributed by atoms with E-state index in [9.17, 15) is 4.79 Å². The van der Waals surface area contributed by atoms with Crippen LogP contribution in [0, 0.1) is 6.92 Å². The number of nitrogens with one attached hydrogen (secondary N) is 3. The highest BCUT2D eigenvalue weighted by atomic mass is 32.1. The minimum atomic E-state index is -0.173. The second-order valence-electron chi connectivity index (χ2n) is 7.87. The zero-order chi connectivity index (χ0) is 18.4. The number of amides is 1. The van der Waals surface area contributed by atoms with Crippen molar-refractivity contribution in [3.63, 3.8) is 0 Å². The van der Waals surface area contributed by atoms with Crippen molar-refractivity contribution in [2.24, 2.45) is 0 Å². The van der Waals surface area contributed by atoms with E-state index in [1.54, 1.807) is 0 Å². The molecule has 1 atom stereocenters. The molecule has 0 spiro atoms. The topological polar surface area (TPSA) is 48.8 Å². The summed E-state index contributed by atoms with van der Waals surface area (Å²) in [6.45, 7) is 12.4. The zero-order valence-electron chi connectivity index (χ0n) is 15.8. The molecule has 1 saturated heterocycles. The Kier molecular flexibility index (Phi) is 6.79. The maximum absolute atomic E-state index is 12.1. The normalized spacial score (nSPS) is 18.4. The molecule has 0 aliphatic carbocycles. The molecule has 0 bridgehead atoms. The number of hydrogen-bond acceptors (Lipinski definition) is 2. The molecule has 1 fully saturated rings. The van der Waals surface area contributed by atoms with Crippen molar-refractivity contribution in [3.05, 3.63) is 29.8 Å². The van der Waals surface area contributed by atoms with Crippen LogP contribution >= 0.6 is 12.2 Å². The number of quaternary nitrogens is 1. The third kappa shape index (κ3) is 7.00. The zero-order valence-corrected chi connectivity index (χ0v) is 16.6. The molecular weight excluding hydrogens is 332 g/mol. The fraction of sp³-hybridized carbons (Fsp3) is 0.579. The molecule has 1 aliphatic rings. The van der Waals surface area contributed by atoms with Crippen LogP contribution in [-0.4, -0.2) is 54.2 Å². The van der Waals surface area contributed by atoms with E-state index in [4.69, 9.17) is 12.2 Å². The van der Waals surface area contributed by atoms with Crippen LogP contribution in [0.25, 0.3) is 0 Å². The van der Waals surface area contributed by atoms with Crippen LogP contribution in [0.15, 0.2) is 24.3 Å². The summed E-state index contributed by atoms with van der Waals surface area (Å²) in [7, 11) is 0. The van der Waals surface area contributed by atoms with Crippen LogP contribution in [-0.2, 0) is 4.79 Å². The van der Waals surface area contributed by atoms with E-state index in [-0.39, 0.29) is 11.4 Å². The summed E-state index contributed by atoms with van der Waals surface area (Å²) in [6.07, 6.45) is 1.04. The van der Waals surface area contributed by atoms with Gasteiger partial charge in [0.1, 0.15) is 0 Å². The first kappa shape index (κ1) is 19.7. The summed E-state index contributed by atoms with van der Waals surface area (Å²) in [5, 5.41) is 7.15. The Morgan fingerprint density at radius 3 is 2.72 bits per heavy atom. The van der Waals surface area contributed by atoms with Crippen molar-refractivity contribution in [3.8, 4) is 0 Å². The van der Waals surface area contributed by atoms with Gasteiger partial charge in [-0.3, -0.25) is 4.79 Å². The molecule has 1 aromatic carbocycles. The van der Waals surface area contributed by atoms with Crippen molar-refractivity contribution < 1.29 is 9.69 Å². The number of carbonyl (C=O) groups excluding carboxylic acids is 1. The standard InChI is InChI=1S/C19H30N4OS/c1-15-7-5-8-16(13-15)20-18(25)23-10-6-9-22(11-12-23)14-17(24)21-19(2,3)4/h5,7-8,13H,6,9-12,14H2,1-4H3,(H,20,25)(H,21,24)/p+1. The van der Waals surface area contributed by atoms with E-state index in [0.29, 0.717) is 6.54 Å². The molecule has 2 rings (SSSR count). The largest absolute Gasteiger partial charge is 0.347 e. The average Bonchev–Trinajstić information content (AvgIpc) is 2.71. The fourth-order valence-electron chi connectivity index (χ4n) is 3.04. The van der Waals surface area contributed by atoms with E-state index in [1.165, 1.54) is 10.5 Å². The first-order valence-electron chi connectivity index (χ1n) is 9.00. The van der Waals surface area contributed by atoms with Crippen LogP contribution in [0.2, 0.25) is 0 Å². The molecule has 5 nitrogen and oxygen atoms in total. The van der Waals surface area contributed by atoms with Gasteiger partial charge in [-0.25, -0.2) is 0 Å². The van der Waals surface area contributed by atoms with E-state index < -0.39 is 0 Å². The smallest absolute Gasteiger partial charge is 0.275 e. The number of benzene rings is 1. The van der Waals surface area contributed by atoms with Crippen LogP contribution in [0.1, 0.15) is 32.8 Å². The van der Waals surface area contributed by atoms with E-state index >= 15 is 0 Å². The van der Waals surface area contributed by atoms with Crippen LogP contribution < -0.4 is 15.5 Å². The summed E-state index contributed by atoms with van der Waals surface area (Å²) >= 11 is 5.58. The van der Waals surface area contributed by atoms with Gasteiger partial charge in [0, 0.05) is 24.2 Å². The number of aryl methyl sites for hydroxylation is 1. The lowest BCUT2D eigenvalue weighted by molar-refractivity contribution is -0.889. The van der Waals surface area contributed by atoms with Gasteiger partial charge in [0.25, 0.3) is 5.91 Å². The maximum atomic E-state index is 12.1. The summed E-state index contributed by atoms with van der Waals surface area (Å²) in [6, 6.07) is 8.23. The SMILES string of the molecule is Cc1cccc(NC(=S)N2CCC[NH+](CC(=O)NC(C)(C)C)CC2)c1. The van der Waals surface area contributed by atoms with Crippen LogP contribution in [0.3, 0.4) is 0 Å². The Bertz CT molecular complexity index is 612. The summed E-state index contributed by atoms with van der Waals surface area (Å²) < 4.78 is 0. The maximum Gasteiger partial charge on any atom is 0.275 e. The predicted octanol–water partition coefficient (Wildman–Crippen LogP) is 1.20. The fourth-order valence-corrected chi connectivity index (χ4v) is 3.34. The quantitative estimate of drug-likeness (QED) is 0.707. The minimum Gasteiger partial charge on any atom is -0.347 e. The predicted molar refractivity (Wildman–Crippen MR) is 107 cm³/mol. The number of nitrogens with zero attached hydrogens (tertiary/aromatic N) is 1. The number of carbonyl (C=O) groups is 1. The molecule has 1 unspecified atom stereocenters. The first-order valence-corrected chi connectivity index (χ1v) is 9.41. The molecular formula is C19H31N4OS+. The number of hydrogen-bond donors (Lipinski definition) is 3. The third-order valence-corrected chi connectivity index (χ3v) is 4.54. The summed E-state index contributed by atoms with van der Waals surface area (Å²) in [5.41, 5.74) is 2.07. The molecule has 0 saturated carbocycles. The highest BCUT2D eigenvalue weighted by Gasteiger charge is 2.23. The van der Waals surface area contributed by atoms with Crippen molar-refractivity contribution in [1.82, 2.24) is 10.2 Å². The highest BCUT2D eigenvalue weighted by molar-refractivity contribution is 7.80. The van der Waals surface area contributed by atoms with Gasteiger partial charge in [-0.2, -0.15) is 0 Å². The number of rotatable bonds is 3. The van der Waals surface area contributed by atoms with E-state index in [2.05, 4.69) is 34.6 Å². The van der Waals surface area contributed by atoms with Gasteiger partial charge >= 0.3 is 0 Å². The van der Waals surface area contributed by atoms with Gasteiger partial charge in [-0.05, 0) is 57.6 Å². The monoisotopic (exact) mass is 363 g/mol. The first-order chi connectivity index (χ1) is 11.7. The summed E-state index contributed by atoms with van der Waals surface area (Å²) in [4.78, 5) is 15.7. The van der Waals surface area contributed by atoms with Gasteiger partial charge in [0.05, 0.1) is 19.6 Å². The van der Waals surface area contributed by atoms with Gasteiger partial charge in [0.15, 0.2) is 11.7 Å². The summed E-state index contributed by atoms with van der Waals surface area (Å²) in [5.74, 6) is 0.122. The Morgan fingerprint density at radius 1 is 1.28 bits per heavy atom. The third-order valence-electron chi connectivity index (χ3n) is 4.18. The van der Waals surface area contributed by atoms with E-state index in [1.807, 2.05) is 32.9 Å². The molecule has 25 heavy (non-hydrogen) atoms. The second-order valence-corrected chi connectivity index (χ2v) is 8.25. The molecule has 0 radical (unpaired) electrons. The van der Waals surface area contributed by atoms with Crippen molar-refractivity contribution in [2.75, 3.05) is 38.0 Å². The van der Waals surface area contributed by atoms with Gasteiger partial charge in [-0.1, -0.05) is 12.1 Å². The Labute approximate surface area is 156 Å². The number of anilines is 1. The molecule has 1 heterocycles. The van der Waals surface area contributed by atoms with E-state index in [0.717, 1.165) is 43.4 Å². The van der Waals surface area contributed by atoms with Gasteiger partial charge < -0.3 is 20.4 Å². The average molecular weight is 364 g/mol. The Balaban J connectivity index is 1.84. The second kappa shape index (κ2) is 8.63. The molecule has 1 aliphatic heterocycles. The van der Waals surface area contributed by atoms with Crippen LogP contribution in [0.4, 0.5) is 5.69 Å². The molecule has 3 N–H and O–H groups in total. The van der Waals surface area contributed by atoms with Crippen molar-refractivity contribution in [2.45, 2.75) is 39.7 Å².